The van der Waals surface area contributed by atoms with Crippen LogP contribution in [-0.4, -0.2) is 21.9 Å². The molecule has 0 saturated heterocycles. The van der Waals surface area contributed by atoms with E-state index in [-0.39, 0.29) is 12.1 Å². The van der Waals surface area contributed by atoms with Crippen molar-refractivity contribution >= 4 is 23.2 Å². The summed E-state index contributed by atoms with van der Waals surface area (Å²) in [4.78, 5) is 5.58. The first-order valence-corrected chi connectivity index (χ1v) is 8.28. The summed E-state index contributed by atoms with van der Waals surface area (Å²) in [5, 5.41) is 9.87. The number of ether oxygens (including phenoxy) is 1. The van der Waals surface area contributed by atoms with Crippen molar-refractivity contribution in [3.8, 4) is 5.75 Å². The Labute approximate surface area is 137 Å². The molecule has 1 aromatic carbocycles. The Morgan fingerprint density at radius 3 is 2.83 bits per heavy atom. The van der Waals surface area contributed by atoms with Crippen LogP contribution < -0.4 is 15.8 Å². The third-order valence-corrected chi connectivity index (χ3v) is 5.07. The van der Waals surface area contributed by atoms with E-state index in [4.69, 9.17) is 10.5 Å². The zero-order chi connectivity index (χ0) is 15.8. The van der Waals surface area contributed by atoms with E-state index < -0.39 is 0 Å². The molecule has 0 unspecified atom stereocenters. The lowest BCUT2D eigenvalue weighted by molar-refractivity contribution is 0.413. The number of fused-ring (bicyclic) bond motifs is 1. The van der Waals surface area contributed by atoms with Gasteiger partial charge in [-0.2, -0.15) is 4.98 Å². The molecule has 118 valence electrons. The number of nitrogen functional groups attached to an aromatic ring is 1. The molecule has 0 radical (unpaired) electrons. The minimum atomic E-state index is 0.142. The quantitative estimate of drug-likeness (QED) is 0.773. The summed E-state index contributed by atoms with van der Waals surface area (Å²) in [6, 6.07) is 12.6. The number of nitrogens with one attached hydrogen (secondary N) is 1. The summed E-state index contributed by atoms with van der Waals surface area (Å²) in [7, 11) is 1.67. The van der Waals surface area contributed by atoms with Crippen LogP contribution >= 0.6 is 11.3 Å². The highest BCUT2D eigenvalue weighted by Gasteiger charge is 2.31. The average Bonchev–Trinajstić information content (AvgIpc) is 3.22. The van der Waals surface area contributed by atoms with Gasteiger partial charge in [-0.05, 0) is 35.6 Å². The summed E-state index contributed by atoms with van der Waals surface area (Å²) < 4.78 is 7.12. The van der Waals surface area contributed by atoms with Crippen molar-refractivity contribution in [1.29, 1.82) is 0 Å². The van der Waals surface area contributed by atoms with Crippen LogP contribution in [0, 0.1) is 0 Å². The first-order chi connectivity index (χ1) is 11.2. The second kappa shape index (κ2) is 5.58. The number of hydrogen-bond acceptors (Lipinski definition) is 6. The van der Waals surface area contributed by atoms with Crippen LogP contribution in [0.15, 0.2) is 41.8 Å². The van der Waals surface area contributed by atoms with Crippen LogP contribution in [0.3, 0.4) is 0 Å². The van der Waals surface area contributed by atoms with Crippen LogP contribution in [0.4, 0.5) is 11.9 Å². The third-order valence-electron chi connectivity index (χ3n) is 4.09. The molecule has 3 aromatic rings. The van der Waals surface area contributed by atoms with Crippen molar-refractivity contribution in [2.24, 2.45) is 0 Å². The summed E-state index contributed by atoms with van der Waals surface area (Å²) in [5.74, 6) is 1.86. The van der Waals surface area contributed by atoms with Crippen LogP contribution in [0.2, 0.25) is 0 Å². The van der Waals surface area contributed by atoms with E-state index in [1.807, 2.05) is 16.8 Å². The molecule has 0 aliphatic carbocycles. The van der Waals surface area contributed by atoms with Crippen LogP contribution in [-0.2, 0) is 0 Å². The highest BCUT2D eigenvalue weighted by molar-refractivity contribution is 7.10. The van der Waals surface area contributed by atoms with E-state index in [2.05, 4.69) is 45.0 Å². The molecule has 0 bridgehead atoms. The maximum absolute atomic E-state index is 5.80. The van der Waals surface area contributed by atoms with Crippen LogP contribution in [0.25, 0.3) is 0 Å². The van der Waals surface area contributed by atoms with Gasteiger partial charge in [0.1, 0.15) is 5.75 Å². The van der Waals surface area contributed by atoms with Gasteiger partial charge < -0.3 is 15.8 Å². The highest BCUT2D eigenvalue weighted by atomic mass is 32.1. The van der Waals surface area contributed by atoms with Gasteiger partial charge in [0, 0.05) is 4.88 Å². The largest absolute Gasteiger partial charge is 0.497 e. The molecule has 1 aliphatic rings. The molecular formula is C16H17N5OS. The number of nitrogens with zero attached hydrogens (tertiary/aromatic N) is 3. The van der Waals surface area contributed by atoms with E-state index in [1.165, 1.54) is 10.4 Å². The molecule has 2 atom stereocenters. The average molecular weight is 327 g/mol. The van der Waals surface area contributed by atoms with Crippen molar-refractivity contribution in [2.75, 3.05) is 18.2 Å². The van der Waals surface area contributed by atoms with Gasteiger partial charge in [0.2, 0.25) is 11.9 Å². The Morgan fingerprint density at radius 1 is 1.30 bits per heavy atom. The van der Waals surface area contributed by atoms with E-state index in [9.17, 15) is 0 Å². The van der Waals surface area contributed by atoms with Gasteiger partial charge in [0.25, 0.3) is 0 Å². The maximum atomic E-state index is 5.80. The molecule has 4 rings (SSSR count). The predicted molar refractivity (Wildman–Crippen MR) is 90.9 cm³/mol. The molecule has 6 nitrogen and oxygen atoms in total. The van der Waals surface area contributed by atoms with Crippen LogP contribution in [0.5, 0.6) is 5.75 Å². The molecule has 0 saturated carbocycles. The molecule has 3 N–H and O–H groups in total. The molecule has 2 aromatic heterocycles. The molecule has 0 amide bonds. The van der Waals surface area contributed by atoms with Crippen molar-refractivity contribution in [1.82, 2.24) is 14.8 Å². The van der Waals surface area contributed by atoms with Gasteiger partial charge in [-0.1, -0.05) is 18.2 Å². The Bertz CT molecular complexity index is 797. The fourth-order valence-corrected chi connectivity index (χ4v) is 3.79. The Balaban J connectivity index is 1.71. The minimum absolute atomic E-state index is 0.142. The monoisotopic (exact) mass is 327 g/mol. The molecule has 7 heteroatoms. The molecule has 23 heavy (non-hydrogen) atoms. The number of hydrogen-bond donors (Lipinski definition) is 2. The van der Waals surface area contributed by atoms with Gasteiger partial charge in [-0.25, -0.2) is 4.68 Å². The van der Waals surface area contributed by atoms with E-state index in [0.29, 0.717) is 11.9 Å². The number of methoxy groups -OCH3 is 1. The van der Waals surface area contributed by atoms with Gasteiger partial charge in [-0.3, -0.25) is 0 Å². The van der Waals surface area contributed by atoms with E-state index in [1.54, 1.807) is 18.4 Å². The Kier molecular flexibility index (Phi) is 3.42. The summed E-state index contributed by atoms with van der Waals surface area (Å²) in [5.41, 5.74) is 6.99. The van der Waals surface area contributed by atoms with E-state index >= 15 is 0 Å². The lowest BCUT2D eigenvalue weighted by Crippen LogP contribution is -2.27. The van der Waals surface area contributed by atoms with E-state index in [0.717, 1.165) is 12.2 Å². The van der Waals surface area contributed by atoms with Crippen molar-refractivity contribution in [3.63, 3.8) is 0 Å². The predicted octanol–water partition coefficient (Wildman–Crippen LogP) is 3.08. The number of rotatable bonds is 3. The lowest BCUT2D eigenvalue weighted by atomic mass is 9.97. The fourth-order valence-electron chi connectivity index (χ4n) is 2.97. The van der Waals surface area contributed by atoms with Crippen molar-refractivity contribution in [3.05, 3.63) is 52.2 Å². The van der Waals surface area contributed by atoms with Crippen LogP contribution in [0.1, 0.15) is 28.9 Å². The minimum Gasteiger partial charge on any atom is -0.497 e. The summed E-state index contributed by atoms with van der Waals surface area (Å²) in [6.45, 7) is 0. The fraction of sp³-hybridized carbons (Fsp3) is 0.250. The second-order valence-electron chi connectivity index (χ2n) is 5.48. The van der Waals surface area contributed by atoms with Gasteiger partial charge in [-0.15, -0.1) is 16.4 Å². The number of aromatic nitrogens is 3. The maximum Gasteiger partial charge on any atom is 0.241 e. The Hall–Kier alpha value is -2.54. The molecule has 0 fully saturated rings. The number of anilines is 2. The summed E-state index contributed by atoms with van der Waals surface area (Å²) >= 11 is 1.73. The molecular weight excluding hydrogens is 310 g/mol. The van der Waals surface area contributed by atoms with Crippen molar-refractivity contribution < 1.29 is 4.74 Å². The second-order valence-corrected chi connectivity index (χ2v) is 6.45. The number of nitrogens with two attached hydrogens (primary N) is 1. The van der Waals surface area contributed by atoms with Crippen molar-refractivity contribution in [2.45, 2.75) is 18.5 Å². The number of thiophene rings is 1. The molecule has 0 spiro atoms. The Morgan fingerprint density at radius 2 is 2.13 bits per heavy atom. The lowest BCUT2D eigenvalue weighted by Gasteiger charge is -2.31. The van der Waals surface area contributed by atoms with Gasteiger partial charge >= 0.3 is 0 Å². The highest BCUT2D eigenvalue weighted by Crippen LogP contribution is 2.39. The normalized spacial score (nSPS) is 19.9. The zero-order valence-corrected chi connectivity index (χ0v) is 13.5. The van der Waals surface area contributed by atoms with Gasteiger partial charge in [0.15, 0.2) is 0 Å². The third kappa shape index (κ3) is 2.53. The SMILES string of the molecule is COc1ccc([C@H]2C[C@@H](c3cccs3)n3nc(N)nc3N2)cc1. The topological polar surface area (TPSA) is 78.0 Å². The molecule has 1 aliphatic heterocycles. The zero-order valence-electron chi connectivity index (χ0n) is 12.6. The first kappa shape index (κ1) is 14.1. The summed E-state index contributed by atoms with van der Waals surface area (Å²) in [6.07, 6.45) is 0.892. The first-order valence-electron chi connectivity index (χ1n) is 7.40. The standard InChI is InChI=1S/C16H17N5OS/c1-22-11-6-4-10(5-7-11)12-9-13(14-3-2-8-23-14)21-16(18-12)19-15(17)20-21/h2-8,12-13H,9H2,1H3,(H3,17,18,19,20)/t12-,13+/m1/s1. The molecule has 3 heterocycles. The number of benzene rings is 1. The van der Waals surface area contributed by atoms with Gasteiger partial charge in [0.05, 0.1) is 19.2 Å². The smallest absolute Gasteiger partial charge is 0.241 e.